The van der Waals surface area contributed by atoms with Crippen LogP contribution in [0.5, 0.6) is 0 Å². The van der Waals surface area contributed by atoms with Gasteiger partial charge >= 0.3 is 0 Å². The summed E-state index contributed by atoms with van der Waals surface area (Å²) in [4.78, 5) is 2.34. The molecule has 3 nitrogen and oxygen atoms in total. The van der Waals surface area contributed by atoms with E-state index in [1.807, 2.05) is 0 Å². The zero-order valence-electron chi connectivity index (χ0n) is 12.6. The van der Waals surface area contributed by atoms with E-state index in [9.17, 15) is 0 Å². The maximum atomic E-state index is 6.10. The summed E-state index contributed by atoms with van der Waals surface area (Å²) in [5, 5.41) is 0. The Hall–Kier alpha value is -1.06. The van der Waals surface area contributed by atoms with Crippen LogP contribution in [-0.4, -0.2) is 32.3 Å². The maximum absolute atomic E-state index is 6.10. The van der Waals surface area contributed by atoms with Crippen molar-refractivity contribution in [1.82, 2.24) is 0 Å². The van der Waals surface area contributed by atoms with Gasteiger partial charge in [-0.1, -0.05) is 6.07 Å². The molecule has 19 heavy (non-hydrogen) atoms. The molecule has 3 heteroatoms. The Kier molecular flexibility index (Phi) is 4.16. The quantitative estimate of drug-likeness (QED) is 0.906. The Labute approximate surface area is 116 Å². The van der Waals surface area contributed by atoms with E-state index in [0.717, 1.165) is 19.6 Å². The summed E-state index contributed by atoms with van der Waals surface area (Å²) in [5.74, 6) is 0.503. The molecular formula is C16H26N2O. The van der Waals surface area contributed by atoms with Gasteiger partial charge in [-0.2, -0.15) is 0 Å². The number of rotatable bonds is 4. The third-order valence-corrected chi connectivity index (χ3v) is 4.58. The van der Waals surface area contributed by atoms with Gasteiger partial charge in [0.05, 0.1) is 12.1 Å². The number of hydrogen-bond acceptors (Lipinski definition) is 3. The van der Waals surface area contributed by atoms with Crippen molar-refractivity contribution in [2.75, 3.05) is 31.7 Å². The molecule has 0 spiro atoms. The van der Waals surface area contributed by atoms with Crippen molar-refractivity contribution >= 4 is 5.69 Å². The fourth-order valence-corrected chi connectivity index (χ4v) is 3.04. The molecule has 0 radical (unpaired) electrons. The number of hydrogen-bond donors (Lipinski definition) is 1. The number of likely N-dealkylation sites (N-methyl/N-ethyl adjacent to an activating group) is 1. The summed E-state index contributed by atoms with van der Waals surface area (Å²) >= 11 is 0. The molecule has 1 aromatic rings. The fraction of sp³-hybridized carbons (Fsp3) is 0.625. The Morgan fingerprint density at radius 2 is 1.95 bits per heavy atom. The highest BCUT2D eigenvalue weighted by Gasteiger charge is 2.39. The molecule has 1 aliphatic heterocycles. The molecule has 1 fully saturated rings. The van der Waals surface area contributed by atoms with Gasteiger partial charge < -0.3 is 15.4 Å². The number of benzene rings is 1. The van der Waals surface area contributed by atoms with Crippen LogP contribution in [0.2, 0.25) is 0 Å². The molecule has 2 unspecified atom stereocenters. The minimum absolute atomic E-state index is 0.0449. The maximum Gasteiger partial charge on any atom is 0.0543 e. The van der Waals surface area contributed by atoms with Gasteiger partial charge in [-0.25, -0.2) is 0 Å². The number of nitrogens with zero attached hydrogens (tertiary/aromatic N) is 1. The van der Waals surface area contributed by atoms with Crippen molar-refractivity contribution in [1.29, 1.82) is 0 Å². The van der Waals surface area contributed by atoms with E-state index in [4.69, 9.17) is 10.5 Å². The Morgan fingerprint density at radius 3 is 2.42 bits per heavy atom. The molecule has 0 bridgehead atoms. The summed E-state index contributed by atoms with van der Waals surface area (Å²) in [6.45, 7) is 8.87. The molecular weight excluding hydrogens is 236 g/mol. The van der Waals surface area contributed by atoms with Crippen molar-refractivity contribution in [3.8, 4) is 0 Å². The lowest BCUT2D eigenvalue weighted by atomic mass is 9.83. The van der Waals surface area contributed by atoms with E-state index in [1.165, 1.54) is 16.8 Å². The van der Waals surface area contributed by atoms with Crippen LogP contribution in [0.15, 0.2) is 18.2 Å². The van der Waals surface area contributed by atoms with E-state index in [1.54, 1.807) is 0 Å². The van der Waals surface area contributed by atoms with Crippen molar-refractivity contribution in [3.05, 3.63) is 29.3 Å². The van der Waals surface area contributed by atoms with Gasteiger partial charge in [-0.3, -0.25) is 0 Å². The number of anilines is 1. The Balaban J connectivity index is 2.31. The van der Waals surface area contributed by atoms with Crippen LogP contribution < -0.4 is 10.6 Å². The zero-order valence-corrected chi connectivity index (χ0v) is 12.6. The number of aryl methyl sites for hydroxylation is 2. The van der Waals surface area contributed by atoms with Crippen molar-refractivity contribution in [3.63, 3.8) is 0 Å². The normalized spacial score (nSPS) is 22.3. The molecule has 106 valence electrons. The van der Waals surface area contributed by atoms with Crippen LogP contribution >= 0.6 is 0 Å². The molecule has 0 saturated carbocycles. The molecule has 1 heterocycles. The molecule has 2 atom stereocenters. The van der Waals surface area contributed by atoms with Crippen LogP contribution in [0, 0.1) is 19.8 Å². The molecule has 0 aliphatic carbocycles. The predicted molar refractivity (Wildman–Crippen MR) is 80.7 cm³/mol. The van der Waals surface area contributed by atoms with E-state index in [2.05, 4.69) is 50.9 Å². The summed E-state index contributed by atoms with van der Waals surface area (Å²) in [6, 6.07) is 6.67. The van der Waals surface area contributed by atoms with Gasteiger partial charge in [0.25, 0.3) is 0 Å². The van der Waals surface area contributed by atoms with E-state index in [0.29, 0.717) is 12.5 Å². The first-order valence-electron chi connectivity index (χ1n) is 7.07. The molecule has 0 aromatic heterocycles. The SMILES string of the molecule is Cc1cc(C)cc(N(C)C(C)(CN)C2CCOC2)c1. The van der Waals surface area contributed by atoms with E-state index in [-0.39, 0.29) is 5.54 Å². The second-order valence-corrected chi connectivity index (χ2v) is 6.03. The lowest BCUT2D eigenvalue weighted by Crippen LogP contribution is -2.55. The van der Waals surface area contributed by atoms with E-state index < -0.39 is 0 Å². The number of nitrogens with two attached hydrogens (primary N) is 1. The summed E-state index contributed by atoms with van der Waals surface area (Å²) in [6.07, 6.45) is 1.10. The highest BCUT2D eigenvalue weighted by molar-refractivity contribution is 5.52. The predicted octanol–water partition coefficient (Wildman–Crippen LogP) is 2.49. The molecule has 1 aromatic carbocycles. The van der Waals surface area contributed by atoms with Gasteiger partial charge in [-0.05, 0) is 50.5 Å². The summed E-state index contributed by atoms with van der Waals surface area (Å²) in [5.41, 5.74) is 9.90. The van der Waals surface area contributed by atoms with Gasteiger partial charge in [-0.15, -0.1) is 0 Å². The molecule has 1 saturated heterocycles. The van der Waals surface area contributed by atoms with E-state index >= 15 is 0 Å². The van der Waals surface area contributed by atoms with Crippen LogP contribution in [0.1, 0.15) is 24.5 Å². The smallest absolute Gasteiger partial charge is 0.0543 e. The van der Waals surface area contributed by atoms with Crippen LogP contribution in [0.25, 0.3) is 0 Å². The monoisotopic (exact) mass is 262 g/mol. The first-order chi connectivity index (χ1) is 8.97. The molecule has 1 aliphatic rings. The first kappa shape index (κ1) is 14.4. The second-order valence-electron chi connectivity index (χ2n) is 6.03. The van der Waals surface area contributed by atoms with Gasteiger partial charge in [0.2, 0.25) is 0 Å². The molecule has 2 rings (SSSR count). The van der Waals surface area contributed by atoms with Gasteiger partial charge in [0.15, 0.2) is 0 Å². The third-order valence-electron chi connectivity index (χ3n) is 4.58. The minimum Gasteiger partial charge on any atom is -0.381 e. The van der Waals surface area contributed by atoms with Gasteiger partial charge in [0, 0.05) is 31.8 Å². The molecule has 0 amide bonds. The average molecular weight is 262 g/mol. The van der Waals surface area contributed by atoms with Crippen molar-refractivity contribution in [2.45, 2.75) is 32.7 Å². The Bertz CT molecular complexity index is 420. The van der Waals surface area contributed by atoms with Crippen molar-refractivity contribution < 1.29 is 4.74 Å². The largest absolute Gasteiger partial charge is 0.381 e. The number of ether oxygens (including phenoxy) is 1. The van der Waals surface area contributed by atoms with Crippen LogP contribution in [0.3, 0.4) is 0 Å². The highest BCUT2D eigenvalue weighted by Crippen LogP contribution is 2.33. The topological polar surface area (TPSA) is 38.5 Å². The summed E-state index contributed by atoms with van der Waals surface area (Å²) < 4.78 is 5.56. The average Bonchev–Trinajstić information content (AvgIpc) is 2.90. The zero-order chi connectivity index (χ0) is 14.0. The second kappa shape index (κ2) is 5.51. The highest BCUT2D eigenvalue weighted by atomic mass is 16.5. The van der Waals surface area contributed by atoms with Crippen molar-refractivity contribution in [2.24, 2.45) is 11.7 Å². The summed E-state index contributed by atoms with van der Waals surface area (Å²) in [7, 11) is 2.15. The fourth-order valence-electron chi connectivity index (χ4n) is 3.04. The Morgan fingerprint density at radius 1 is 1.32 bits per heavy atom. The standard InChI is InChI=1S/C16H26N2O/c1-12-7-13(2)9-15(8-12)18(4)16(3,11-17)14-5-6-19-10-14/h7-9,14H,5-6,10-11,17H2,1-4H3. The lowest BCUT2D eigenvalue weighted by Gasteiger charge is -2.44. The minimum atomic E-state index is -0.0449. The van der Waals surface area contributed by atoms with Crippen LogP contribution in [-0.2, 0) is 4.74 Å². The first-order valence-corrected chi connectivity index (χ1v) is 7.07. The van der Waals surface area contributed by atoms with Gasteiger partial charge in [0.1, 0.15) is 0 Å². The third kappa shape index (κ3) is 2.77. The lowest BCUT2D eigenvalue weighted by molar-refractivity contribution is 0.166. The molecule has 2 N–H and O–H groups in total. The van der Waals surface area contributed by atoms with Crippen LogP contribution in [0.4, 0.5) is 5.69 Å².